The van der Waals surface area contributed by atoms with E-state index in [1.54, 1.807) is 6.20 Å². The molecule has 1 aromatic carbocycles. The van der Waals surface area contributed by atoms with Crippen LogP contribution in [-0.4, -0.2) is 30.2 Å². The van der Waals surface area contributed by atoms with E-state index in [9.17, 15) is 4.79 Å². The van der Waals surface area contributed by atoms with E-state index < -0.39 is 0 Å². The van der Waals surface area contributed by atoms with Gasteiger partial charge in [0.25, 0.3) is 5.91 Å². The molecule has 0 aliphatic heterocycles. The number of para-hydroxylation sites is 2. The summed E-state index contributed by atoms with van der Waals surface area (Å²) in [5.41, 5.74) is 4.29. The Labute approximate surface area is 175 Å². The summed E-state index contributed by atoms with van der Waals surface area (Å²) in [7, 11) is 0. The van der Waals surface area contributed by atoms with Gasteiger partial charge in [-0.2, -0.15) is 5.10 Å². The Bertz CT molecular complexity index is 1250. The Morgan fingerprint density at radius 2 is 2.03 bits per heavy atom. The van der Waals surface area contributed by atoms with Gasteiger partial charge >= 0.3 is 0 Å². The number of aryl methyl sites for hydroxylation is 1. The third-order valence-corrected chi connectivity index (χ3v) is 5.64. The Balaban J connectivity index is 1.59. The van der Waals surface area contributed by atoms with Crippen molar-refractivity contribution >= 4 is 33.9 Å². The Hall–Kier alpha value is -3.22. The summed E-state index contributed by atoms with van der Waals surface area (Å²) in [5.74, 6) is 0.860. The second-order valence-electron chi connectivity index (χ2n) is 8.32. The topological polar surface area (TPSA) is 77.6 Å². The van der Waals surface area contributed by atoms with Crippen molar-refractivity contribution in [2.75, 3.05) is 5.32 Å². The zero-order valence-electron chi connectivity index (χ0n) is 17.6. The molecule has 0 bridgehead atoms. The molecule has 4 aromatic rings. The van der Waals surface area contributed by atoms with E-state index in [0.717, 1.165) is 53.6 Å². The number of carbonyl (C=O) groups is 1. The van der Waals surface area contributed by atoms with Crippen LogP contribution in [0.25, 0.3) is 22.1 Å². The minimum absolute atomic E-state index is 0.166. The molecule has 1 N–H and O–H groups in total. The lowest BCUT2D eigenvalue weighted by atomic mass is 10.1. The first-order valence-electron chi connectivity index (χ1n) is 10.7. The van der Waals surface area contributed by atoms with Gasteiger partial charge in [0, 0.05) is 24.2 Å². The third-order valence-electron chi connectivity index (χ3n) is 5.64. The number of imidazole rings is 1. The lowest BCUT2D eigenvalue weighted by molar-refractivity contribution is 0.102. The highest BCUT2D eigenvalue weighted by Crippen LogP contribution is 2.40. The van der Waals surface area contributed by atoms with E-state index >= 15 is 0 Å². The second-order valence-corrected chi connectivity index (χ2v) is 8.32. The smallest absolute Gasteiger partial charge is 0.258 e. The normalized spacial score (nSPS) is 14.1. The quantitative estimate of drug-likeness (QED) is 0.497. The van der Waals surface area contributed by atoms with Crippen LogP contribution in [0.5, 0.6) is 0 Å². The largest absolute Gasteiger partial charge is 0.310 e. The Morgan fingerprint density at radius 1 is 1.23 bits per heavy atom. The highest BCUT2D eigenvalue weighted by molar-refractivity contribution is 6.11. The van der Waals surface area contributed by atoms with Crippen molar-refractivity contribution in [2.24, 2.45) is 0 Å². The fourth-order valence-electron chi connectivity index (χ4n) is 3.98. The molecule has 154 valence electrons. The average Bonchev–Trinajstić information content (AvgIpc) is 3.41. The molecule has 7 nitrogen and oxygen atoms in total. The zero-order chi connectivity index (χ0) is 20.8. The third kappa shape index (κ3) is 3.14. The van der Waals surface area contributed by atoms with Gasteiger partial charge < -0.3 is 4.57 Å². The summed E-state index contributed by atoms with van der Waals surface area (Å²) in [6, 6.07) is 10.1. The molecule has 1 fully saturated rings. The Kier molecular flexibility index (Phi) is 4.53. The summed E-state index contributed by atoms with van der Waals surface area (Å²) in [4.78, 5) is 22.9. The molecule has 0 saturated heterocycles. The minimum atomic E-state index is -0.166. The van der Waals surface area contributed by atoms with Gasteiger partial charge in [-0.3, -0.25) is 10.1 Å². The van der Waals surface area contributed by atoms with Crippen molar-refractivity contribution in [3.05, 3.63) is 47.8 Å². The maximum atomic E-state index is 13.4. The van der Waals surface area contributed by atoms with E-state index in [0.29, 0.717) is 17.4 Å². The monoisotopic (exact) mass is 402 g/mol. The van der Waals surface area contributed by atoms with Crippen molar-refractivity contribution < 1.29 is 4.79 Å². The van der Waals surface area contributed by atoms with Gasteiger partial charge in [-0.15, -0.1) is 0 Å². The van der Waals surface area contributed by atoms with Crippen molar-refractivity contribution in [1.82, 2.24) is 24.3 Å². The van der Waals surface area contributed by atoms with Crippen LogP contribution >= 0.6 is 0 Å². The van der Waals surface area contributed by atoms with Gasteiger partial charge in [-0.05, 0) is 51.3 Å². The molecule has 1 aliphatic carbocycles. The molecule has 30 heavy (non-hydrogen) atoms. The first-order valence-corrected chi connectivity index (χ1v) is 10.7. The van der Waals surface area contributed by atoms with E-state index in [1.165, 1.54) is 0 Å². The maximum Gasteiger partial charge on any atom is 0.258 e. The van der Waals surface area contributed by atoms with Crippen LogP contribution in [-0.2, 0) is 6.54 Å². The fourth-order valence-corrected chi connectivity index (χ4v) is 3.98. The van der Waals surface area contributed by atoms with Crippen LogP contribution in [0.2, 0.25) is 0 Å². The summed E-state index contributed by atoms with van der Waals surface area (Å²) < 4.78 is 3.97. The van der Waals surface area contributed by atoms with E-state index in [4.69, 9.17) is 4.98 Å². The summed E-state index contributed by atoms with van der Waals surface area (Å²) >= 11 is 0. The number of rotatable bonds is 6. The maximum absolute atomic E-state index is 13.4. The molecular weight excluding hydrogens is 376 g/mol. The number of hydrogen-bond donors (Lipinski definition) is 1. The van der Waals surface area contributed by atoms with Crippen molar-refractivity contribution in [3.8, 4) is 0 Å². The number of pyridine rings is 1. The number of carbonyl (C=O) groups excluding carboxylic acids is 1. The lowest BCUT2D eigenvalue weighted by Gasteiger charge is -2.11. The van der Waals surface area contributed by atoms with E-state index in [1.807, 2.05) is 35.0 Å². The molecule has 3 heterocycles. The van der Waals surface area contributed by atoms with E-state index in [-0.39, 0.29) is 11.9 Å². The molecular formula is C23H26N6O. The summed E-state index contributed by atoms with van der Waals surface area (Å²) in [5, 5.41) is 8.35. The van der Waals surface area contributed by atoms with Gasteiger partial charge in [-0.1, -0.05) is 19.1 Å². The van der Waals surface area contributed by atoms with Crippen LogP contribution in [0.3, 0.4) is 0 Å². The van der Waals surface area contributed by atoms with Crippen LogP contribution in [0.4, 0.5) is 5.95 Å². The van der Waals surface area contributed by atoms with Crippen molar-refractivity contribution in [1.29, 1.82) is 0 Å². The molecule has 3 aromatic heterocycles. The first kappa shape index (κ1) is 18.8. The average molecular weight is 403 g/mol. The molecule has 0 radical (unpaired) electrons. The molecule has 1 aliphatic rings. The van der Waals surface area contributed by atoms with Crippen LogP contribution < -0.4 is 5.32 Å². The van der Waals surface area contributed by atoms with E-state index in [2.05, 4.69) is 40.7 Å². The number of hydrogen-bond acceptors (Lipinski definition) is 4. The molecule has 0 atom stereocenters. The molecule has 0 spiro atoms. The number of nitrogens with one attached hydrogen (secondary N) is 1. The first-order chi connectivity index (χ1) is 14.6. The molecule has 1 saturated carbocycles. The van der Waals surface area contributed by atoms with Crippen molar-refractivity contribution in [3.63, 3.8) is 0 Å². The second kappa shape index (κ2) is 7.23. The van der Waals surface area contributed by atoms with Gasteiger partial charge in [-0.25, -0.2) is 14.6 Å². The zero-order valence-corrected chi connectivity index (χ0v) is 17.6. The summed E-state index contributed by atoms with van der Waals surface area (Å²) in [6.45, 7) is 7.06. The number of nitrogens with zero attached hydrogens (tertiary/aromatic N) is 5. The molecule has 1 amide bonds. The number of amides is 1. The molecule has 5 rings (SSSR count). The predicted octanol–water partition coefficient (Wildman–Crippen LogP) is 4.90. The fraction of sp³-hybridized carbons (Fsp3) is 0.391. The Morgan fingerprint density at radius 3 is 2.77 bits per heavy atom. The number of benzene rings is 1. The number of anilines is 1. The lowest BCUT2D eigenvalue weighted by Crippen LogP contribution is -2.17. The van der Waals surface area contributed by atoms with Gasteiger partial charge in [0.05, 0.1) is 28.2 Å². The minimum Gasteiger partial charge on any atom is -0.310 e. The van der Waals surface area contributed by atoms with Gasteiger partial charge in [0.15, 0.2) is 5.65 Å². The standard InChI is InChI=1S/C23H26N6O/c1-4-11-28-20-8-6-5-7-18(20)26-23(28)27-22(30)16-12-19(15-9-10-15)25-21-17(16)13-24-29(21)14(2)3/h5-8,12-15H,4,9-11H2,1-3H3,(H,26,27,30). The van der Waals surface area contributed by atoms with Crippen LogP contribution in [0.15, 0.2) is 36.5 Å². The SMILES string of the molecule is CCCn1c(NC(=O)c2cc(C3CC3)nc3c2cnn3C(C)C)nc2ccccc21. The predicted molar refractivity (Wildman–Crippen MR) is 118 cm³/mol. The van der Waals surface area contributed by atoms with Crippen LogP contribution in [0.1, 0.15) is 68.0 Å². The number of aromatic nitrogens is 5. The van der Waals surface area contributed by atoms with Gasteiger partial charge in [0.2, 0.25) is 5.95 Å². The highest BCUT2D eigenvalue weighted by atomic mass is 16.1. The summed E-state index contributed by atoms with van der Waals surface area (Å²) in [6.07, 6.45) is 4.96. The molecule has 7 heteroatoms. The van der Waals surface area contributed by atoms with Crippen LogP contribution in [0, 0.1) is 0 Å². The van der Waals surface area contributed by atoms with Crippen molar-refractivity contribution in [2.45, 2.75) is 58.5 Å². The highest BCUT2D eigenvalue weighted by Gasteiger charge is 2.28. The molecule has 0 unspecified atom stereocenters. The van der Waals surface area contributed by atoms with Gasteiger partial charge in [0.1, 0.15) is 0 Å². The number of fused-ring (bicyclic) bond motifs is 2.